The Hall–Kier alpha value is -2.67. The van der Waals surface area contributed by atoms with E-state index in [0.29, 0.717) is 25.1 Å². The smallest absolute Gasteiger partial charge is 0.303 e. The van der Waals surface area contributed by atoms with Crippen LogP contribution in [0, 0.1) is 13.8 Å². The Morgan fingerprint density at radius 3 is 2.52 bits per heavy atom. The SMILES string of the molecule is COCCNC(=O)c1ccc(-n2nc(C)c(CCC(=O)O)c2C)cc1. The van der Waals surface area contributed by atoms with Gasteiger partial charge in [-0.2, -0.15) is 5.10 Å². The van der Waals surface area contributed by atoms with E-state index in [1.165, 1.54) is 0 Å². The van der Waals surface area contributed by atoms with Crippen LogP contribution in [0.15, 0.2) is 24.3 Å². The molecule has 0 fully saturated rings. The number of nitrogens with one attached hydrogen (secondary N) is 1. The Balaban J connectivity index is 2.15. The average molecular weight is 345 g/mol. The predicted molar refractivity (Wildman–Crippen MR) is 93.2 cm³/mol. The van der Waals surface area contributed by atoms with Gasteiger partial charge in [0.1, 0.15) is 0 Å². The standard InChI is InChI=1S/C18H23N3O4/c1-12-16(8-9-17(22)23)13(2)21(20-12)15-6-4-14(5-7-15)18(24)19-10-11-25-3/h4-7H,8-11H2,1-3H3,(H,19,24)(H,22,23). The monoisotopic (exact) mass is 345 g/mol. The Labute approximate surface area is 146 Å². The first-order valence-corrected chi connectivity index (χ1v) is 8.08. The fourth-order valence-electron chi connectivity index (χ4n) is 2.64. The molecule has 2 aromatic rings. The summed E-state index contributed by atoms with van der Waals surface area (Å²) in [4.78, 5) is 22.8. The third-order valence-corrected chi connectivity index (χ3v) is 4.00. The zero-order valence-corrected chi connectivity index (χ0v) is 14.7. The molecule has 0 aliphatic heterocycles. The minimum absolute atomic E-state index is 0.0773. The molecule has 1 amide bonds. The van der Waals surface area contributed by atoms with Crippen LogP contribution in [0.3, 0.4) is 0 Å². The first kappa shape index (κ1) is 18.7. The number of nitrogens with zero attached hydrogens (tertiary/aromatic N) is 2. The minimum Gasteiger partial charge on any atom is -0.481 e. The van der Waals surface area contributed by atoms with E-state index in [0.717, 1.165) is 22.6 Å². The molecule has 0 unspecified atom stereocenters. The zero-order valence-electron chi connectivity index (χ0n) is 14.7. The minimum atomic E-state index is -0.824. The topological polar surface area (TPSA) is 93.5 Å². The Bertz CT molecular complexity index is 750. The van der Waals surface area contributed by atoms with Crippen LogP contribution in [0.25, 0.3) is 5.69 Å². The highest BCUT2D eigenvalue weighted by atomic mass is 16.5. The summed E-state index contributed by atoms with van der Waals surface area (Å²) in [5.74, 6) is -0.977. The molecule has 7 heteroatoms. The highest BCUT2D eigenvalue weighted by Gasteiger charge is 2.14. The third kappa shape index (κ3) is 4.67. The number of ether oxygens (including phenoxy) is 1. The van der Waals surface area contributed by atoms with Crippen molar-refractivity contribution in [2.75, 3.05) is 20.3 Å². The van der Waals surface area contributed by atoms with Crippen LogP contribution in [0.5, 0.6) is 0 Å². The summed E-state index contributed by atoms with van der Waals surface area (Å²) in [6.45, 7) is 4.72. The van der Waals surface area contributed by atoms with E-state index in [-0.39, 0.29) is 12.3 Å². The quantitative estimate of drug-likeness (QED) is 0.713. The maximum absolute atomic E-state index is 12.0. The van der Waals surface area contributed by atoms with Gasteiger partial charge in [0.25, 0.3) is 5.91 Å². The van der Waals surface area contributed by atoms with E-state index < -0.39 is 5.97 Å². The fraction of sp³-hybridized carbons (Fsp3) is 0.389. The molecule has 2 rings (SSSR count). The van der Waals surface area contributed by atoms with Crippen molar-refractivity contribution in [1.29, 1.82) is 0 Å². The van der Waals surface area contributed by atoms with E-state index in [9.17, 15) is 9.59 Å². The van der Waals surface area contributed by atoms with E-state index in [4.69, 9.17) is 9.84 Å². The molecule has 1 aromatic heterocycles. The number of aliphatic carboxylic acids is 1. The van der Waals surface area contributed by atoms with Crippen molar-refractivity contribution in [2.24, 2.45) is 0 Å². The summed E-state index contributed by atoms with van der Waals surface area (Å²) in [6, 6.07) is 7.13. The number of carbonyl (C=O) groups excluding carboxylic acids is 1. The van der Waals surface area contributed by atoms with Gasteiger partial charge in [0.2, 0.25) is 0 Å². The lowest BCUT2D eigenvalue weighted by Crippen LogP contribution is -2.26. The van der Waals surface area contributed by atoms with Gasteiger partial charge in [0.15, 0.2) is 0 Å². The van der Waals surface area contributed by atoms with Gasteiger partial charge in [0.05, 0.1) is 18.0 Å². The first-order valence-electron chi connectivity index (χ1n) is 8.08. The maximum atomic E-state index is 12.0. The molecular formula is C18H23N3O4. The Kier molecular flexibility index (Phi) is 6.30. The number of amides is 1. The molecule has 7 nitrogen and oxygen atoms in total. The van der Waals surface area contributed by atoms with Gasteiger partial charge in [-0.15, -0.1) is 0 Å². The van der Waals surface area contributed by atoms with Gasteiger partial charge in [-0.1, -0.05) is 0 Å². The Morgan fingerprint density at radius 2 is 1.92 bits per heavy atom. The van der Waals surface area contributed by atoms with Crippen molar-refractivity contribution >= 4 is 11.9 Å². The van der Waals surface area contributed by atoms with Crippen LogP contribution < -0.4 is 5.32 Å². The lowest BCUT2D eigenvalue weighted by atomic mass is 10.1. The van der Waals surface area contributed by atoms with Crippen LogP contribution in [0.1, 0.15) is 33.7 Å². The summed E-state index contributed by atoms with van der Waals surface area (Å²) in [7, 11) is 1.58. The number of hydrogen-bond donors (Lipinski definition) is 2. The highest BCUT2D eigenvalue weighted by molar-refractivity contribution is 5.94. The lowest BCUT2D eigenvalue weighted by Gasteiger charge is -2.08. The van der Waals surface area contributed by atoms with Gasteiger partial charge in [-0.25, -0.2) is 4.68 Å². The molecule has 134 valence electrons. The number of rotatable bonds is 8. The van der Waals surface area contributed by atoms with Crippen molar-refractivity contribution in [3.05, 3.63) is 46.8 Å². The molecule has 0 aliphatic carbocycles. The number of carboxylic acids is 1. The van der Waals surface area contributed by atoms with E-state index in [2.05, 4.69) is 10.4 Å². The van der Waals surface area contributed by atoms with Crippen molar-refractivity contribution in [3.8, 4) is 5.69 Å². The van der Waals surface area contributed by atoms with Crippen LogP contribution in [0.4, 0.5) is 0 Å². The largest absolute Gasteiger partial charge is 0.481 e. The molecule has 0 atom stereocenters. The summed E-state index contributed by atoms with van der Waals surface area (Å²) in [5, 5.41) is 16.1. The molecule has 1 heterocycles. The van der Waals surface area contributed by atoms with Gasteiger partial charge < -0.3 is 15.2 Å². The van der Waals surface area contributed by atoms with Gasteiger partial charge in [-0.05, 0) is 50.1 Å². The van der Waals surface area contributed by atoms with Crippen LogP contribution in [-0.2, 0) is 16.0 Å². The van der Waals surface area contributed by atoms with Gasteiger partial charge in [-0.3, -0.25) is 9.59 Å². The Morgan fingerprint density at radius 1 is 1.24 bits per heavy atom. The van der Waals surface area contributed by atoms with Crippen LogP contribution >= 0.6 is 0 Å². The van der Waals surface area contributed by atoms with E-state index in [1.807, 2.05) is 26.0 Å². The van der Waals surface area contributed by atoms with Crippen molar-refractivity contribution in [3.63, 3.8) is 0 Å². The van der Waals surface area contributed by atoms with Crippen LogP contribution in [0.2, 0.25) is 0 Å². The number of methoxy groups -OCH3 is 1. The second-order valence-electron chi connectivity index (χ2n) is 5.75. The maximum Gasteiger partial charge on any atom is 0.303 e. The second kappa shape index (κ2) is 8.43. The number of aromatic nitrogens is 2. The van der Waals surface area contributed by atoms with E-state index >= 15 is 0 Å². The predicted octanol–water partition coefficient (Wildman–Crippen LogP) is 1.88. The normalized spacial score (nSPS) is 10.7. The molecule has 25 heavy (non-hydrogen) atoms. The summed E-state index contributed by atoms with van der Waals surface area (Å²) in [5.41, 5.74) is 4.07. The lowest BCUT2D eigenvalue weighted by molar-refractivity contribution is -0.136. The molecule has 0 radical (unpaired) electrons. The zero-order chi connectivity index (χ0) is 18.4. The number of carbonyl (C=O) groups is 2. The van der Waals surface area contributed by atoms with Gasteiger partial charge >= 0.3 is 5.97 Å². The van der Waals surface area contributed by atoms with E-state index in [1.54, 1.807) is 23.9 Å². The number of carboxylic acid groups (broad SMARTS) is 1. The number of hydrogen-bond acceptors (Lipinski definition) is 4. The van der Waals surface area contributed by atoms with Crippen LogP contribution in [-0.4, -0.2) is 47.0 Å². The summed E-state index contributed by atoms with van der Waals surface area (Å²) < 4.78 is 6.68. The summed E-state index contributed by atoms with van der Waals surface area (Å²) in [6.07, 6.45) is 0.529. The van der Waals surface area contributed by atoms with Crippen molar-refractivity contribution in [2.45, 2.75) is 26.7 Å². The molecule has 1 aromatic carbocycles. The highest BCUT2D eigenvalue weighted by Crippen LogP contribution is 2.19. The third-order valence-electron chi connectivity index (χ3n) is 4.00. The number of benzene rings is 1. The summed E-state index contributed by atoms with van der Waals surface area (Å²) >= 11 is 0. The van der Waals surface area contributed by atoms with Crippen molar-refractivity contribution < 1.29 is 19.4 Å². The second-order valence-corrected chi connectivity index (χ2v) is 5.75. The molecule has 0 bridgehead atoms. The molecular weight excluding hydrogens is 322 g/mol. The molecule has 0 saturated carbocycles. The average Bonchev–Trinajstić information content (AvgIpc) is 2.87. The molecule has 0 aliphatic rings. The first-order chi connectivity index (χ1) is 11.9. The van der Waals surface area contributed by atoms with Gasteiger partial charge in [0, 0.05) is 31.3 Å². The fourth-order valence-corrected chi connectivity index (χ4v) is 2.64. The molecule has 0 spiro atoms. The number of aryl methyl sites for hydroxylation is 1. The van der Waals surface area contributed by atoms with Crippen molar-refractivity contribution in [1.82, 2.24) is 15.1 Å². The molecule has 0 saturated heterocycles. The molecule has 2 N–H and O–H groups in total.